The normalized spacial score (nSPS) is 11.6. The summed E-state index contributed by atoms with van der Waals surface area (Å²) in [5.41, 5.74) is 0. The molecule has 0 saturated heterocycles. The first kappa shape index (κ1) is 16.8. The van der Waals surface area contributed by atoms with E-state index in [1.54, 1.807) is 31.4 Å². The van der Waals surface area contributed by atoms with Crippen molar-refractivity contribution in [3.05, 3.63) is 54.6 Å². The van der Waals surface area contributed by atoms with E-state index in [0.717, 1.165) is 5.75 Å². The molecule has 0 aliphatic heterocycles. The van der Waals surface area contributed by atoms with Crippen molar-refractivity contribution in [2.24, 2.45) is 0 Å². The van der Waals surface area contributed by atoms with Gasteiger partial charge in [0, 0.05) is 13.2 Å². The van der Waals surface area contributed by atoms with Gasteiger partial charge in [0.1, 0.15) is 17.2 Å². The van der Waals surface area contributed by atoms with Gasteiger partial charge in [-0.2, -0.15) is 0 Å². The lowest BCUT2D eigenvalue weighted by Gasteiger charge is -2.13. The van der Waals surface area contributed by atoms with Crippen LogP contribution in [-0.4, -0.2) is 32.3 Å². The van der Waals surface area contributed by atoms with E-state index >= 15 is 0 Å². The lowest BCUT2D eigenvalue weighted by atomic mass is 10.3. The van der Waals surface area contributed by atoms with Crippen LogP contribution in [0.15, 0.2) is 54.6 Å². The van der Waals surface area contributed by atoms with Crippen LogP contribution in [0, 0.1) is 0 Å². The van der Waals surface area contributed by atoms with Crippen molar-refractivity contribution in [3.63, 3.8) is 0 Å². The summed E-state index contributed by atoms with van der Waals surface area (Å²) in [4.78, 5) is 11.7. The maximum atomic E-state index is 11.7. The Kier molecular flexibility index (Phi) is 6.44. The highest BCUT2D eigenvalue weighted by molar-refractivity contribution is 5.77. The number of hydrogen-bond donors (Lipinski definition) is 1. The van der Waals surface area contributed by atoms with E-state index < -0.39 is 0 Å². The van der Waals surface area contributed by atoms with Crippen LogP contribution in [0.2, 0.25) is 0 Å². The second-order valence-electron chi connectivity index (χ2n) is 5.10. The summed E-state index contributed by atoms with van der Waals surface area (Å²) < 4.78 is 16.1. The van der Waals surface area contributed by atoms with E-state index in [1.807, 2.05) is 37.3 Å². The predicted octanol–water partition coefficient (Wildman–Crippen LogP) is 3.01. The summed E-state index contributed by atoms with van der Waals surface area (Å²) in [5.74, 6) is 1.91. The molecule has 1 N–H and O–H groups in total. The highest BCUT2D eigenvalue weighted by Crippen LogP contribution is 2.23. The molecule has 5 nitrogen and oxygen atoms in total. The zero-order chi connectivity index (χ0) is 16.5. The van der Waals surface area contributed by atoms with E-state index in [2.05, 4.69) is 5.32 Å². The minimum Gasteiger partial charge on any atom is -0.484 e. The average molecular weight is 315 g/mol. The molecule has 122 valence electrons. The van der Waals surface area contributed by atoms with Crippen LogP contribution in [-0.2, 0) is 9.53 Å². The maximum Gasteiger partial charge on any atom is 0.258 e. The minimum absolute atomic E-state index is 0.0348. The summed E-state index contributed by atoms with van der Waals surface area (Å²) in [6, 6.07) is 16.6. The van der Waals surface area contributed by atoms with E-state index in [1.165, 1.54) is 0 Å². The summed E-state index contributed by atoms with van der Waals surface area (Å²) in [7, 11) is 1.60. The monoisotopic (exact) mass is 315 g/mol. The van der Waals surface area contributed by atoms with Gasteiger partial charge in [0.05, 0.1) is 6.61 Å². The quantitative estimate of drug-likeness (QED) is 0.813. The highest BCUT2D eigenvalue weighted by Gasteiger charge is 2.07. The van der Waals surface area contributed by atoms with Crippen LogP contribution in [0.3, 0.4) is 0 Å². The van der Waals surface area contributed by atoms with Crippen molar-refractivity contribution in [1.82, 2.24) is 5.32 Å². The number of para-hydroxylation sites is 1. The number of hydrogen-bond acceptors (Lipinski definition) is 4. The first-order chi connectivity index (χ1) is 11.2. The third-order valence-electron chi connectivity index (χ3n) is 3.00. The number of ether oxygens (including phenoxy) is 3. The molecule has 0 spiro atoms. The number of carbonyl (C=O) groups is 1. The van der Waals surface area contributed by atoms with Crippen molar-refractivity contribution in [1.29, 1.82) is 0 Å². The molecule has 0 fully saturated rings. The number of rotatable bonds is 8. The summed E-state index contributed by atoms with van der Waals surface area (Å²) in [5, 5.41) is 2.78. The van der Waals surface area contributed by atoms with Gasteiger partial charge in [-0.05, 0) is 43.3 Å². The predicted molar refractivity (Wildman–Crippen MR) is 87.9 cm³/mol. The third kappa shape index (κ3) is 6.00. The van der Waals surface area contributed by atoms with Gasteiger partial charge < -0.3 is 19.5 Å². The van der Waals surface area contributed by atoms with Gasteiger partial charge in [-0.1, -0.05) is 18.2 Å². The SMILES string of the molecule is COC[C@H](C)NC(=O)COc1ccc(Oc2ccccc2)cc1. The van der Waals surface area contributed by atoms with Crippen molar-refractivity contribution in [2.45, 2.75) is 13.0 Å². The molecule has 0 bridgehead atoms. The van der Waals surface area contributed by atoms with Gasteiger partial charge in [-0.3, -0.25) is 4.79 Å². The Hall–Kier alpha value is -2.53. The smallest absolute Gasteiger partial charge is 0.258 e. The average Bonchev–Trinajstić information content (AvgIpc) is 2.55. The fourth-order valence-electron chi connectivity index (χ4n) is 1.99. The van der Waals surface area contributed by atoms with E-state index in [9.17, 15) is 4.79 Å². The number of nitrogens with one attached hydrogen (secondary N) is 1. The van der Waals surface area contributed by atoms with Crippen molar-refractivity contribution < 1.29 is 19.0 Å². The van der Waals surface area contributed by atoms with E-state index in [4.69, 9.17) is 14.2 Å². The van der Waals surface area contributed by atoms with Gasteiger partial charge >= 0.3 is 0 Å². The molecule has 2 rings (SSSR count). The Morgan fingerprint density at radius 1 is 1.00 bits per heavy atom. The van der Waals surface area contributed by atoms with Crippen molar-refractivity contribution >= 4 is 5.91 Å². The number of benzene rings is 2. The molecule has 0 aliphatic rings. The van der Waals surface area contributed by atoms with Gasteiger partial charge in [0.15, 0.2) is 6.61 Å². The van der Waals surface area contributed by atoms with Gasteiger partial charge in [-0.15, -0.1) is 0 Å². The lowest BCUT2D eigenvalue weighted by molar-refractivity contribution is -0.124. The maximum absolute atomic E-state index is 11.7. The summed E-state index contributed by atoms with van der Waals surface area (Å²) in [6.45, 7) is 2.31. The van der Waals surface area contributed by atoms with Crippen molar-refractivity contribution in [3.8, 4) is 17.2 Å². The van der Waals surface area contributed by atoms with Crippen LogP contribution in [0.1, 0.15) is 6.92 Å². The zero-order valence-corrected chi connectivity index (χ0v) is 13.3. The molecule has 1 atom stereocenters. The molecule has 2 aromatic rings. The molecular weight excluding hydrogens is 294 g/mol. The molecule has 23 heavy (non-hydrogen) atoms. The number of methoxy groups -OCH3 is 1. The Labute approximate surface area is 136 Å². The van der Waals surface area contributed by atoms with E-state index in [-0.39, 0.29) is 18.6 Å². The fourth-order valence-corrected chi connectivity index (χ4v) is 1.99. The molecular formula is C18H21NO4. The first-order valence-electron chi connectivity index (χ1n) is 7.41. The van der Waals surface area contributed by atoms with Crippen LogP contribution >= 0.6 is 0 Å². The first-order valence-corrected chi connectivity index (χ1v) is 7.41. The molecule has 0 saturated carbocycles. The zero-order valence-electron chi connectivity index (χ0n) is 13.3. The van der Waals surface area contributed by atoms with Crippen LogP contribution in [0.5, 0.6) is 17.2 Å². The number of carbonyl (C=O) groups excluding carboxylic acids is 1. The number of amides is 1. The Morgan fingerprint density at radius 2 is 1.61 bits per heavy atom. The fraction of sp³-hybridized carbons (Fsp3) is 0.278. The molecule has 0 unspecified atom stereocenters. The lowest BCUT2D eigenvalue weighted by Crippen LogP contribution is -2.38. The molecule has 0 aromatic heterocycles. The minimum atomic E-state index is -0.181. The van der Waals surface area contributed by atoms with Crippen molar-refractivity contribution in [2.75, 3.05) is 20.3 Å². The van der Waals surface area contributed by atoms with Gasteiger partial charge in [0.2, 0.25) is 0 Å². The third-order valence-corrected chi connectivity index (χ3v) is 3.00. The summed E-state index contributed by atoms with van der Waals surface area (Å²) in [6.07, 6.45) is 0. The Bertz CT molecular complexity index is 598. The van der Waals surface area contributed by atoms with E-state index in [0.29, 0.717) is 18.1 Å². The topological polar surface area (TPSA) is 56.8 Å². The second kappa shape index (κ2) is 8.80. The van der Waals surface area contributed by atoms with Gasteiger partial charge in [-0.25, -0.2) is 0 Å². The van der Waals surface area contributed by atoms with Gasteiger partial charge in [0.25, 0.3) is 5.91 Å². The largest absolute Gasteiger partial charge is 0.484 e. The highest BCUT2D eigenvalue weighted by atomic mass is 16.5. The molecule has 0 aliphatic carbocycles. The van der Waals surface area contributed by atoms with Crippen LogP contribution in [0.25, 0.3) is 0 Å². The molecule has 2 aromatic carbocycles. The second-order valence-corrected chi connectivity index (χ2v) is 5.10. The molecule has 0 radical (unpaired) electrons. The summed E-state index contributed by atoms with van der Waals surface area (Å²) >= 11 is 0. The van der Waals surface area contributed by atoms with Crippen LogP contribution < -0.4 is 14.8 Å². The molecule has 1 amide bonds. The molecule has 0 heterocycles. The standard InChI is InChI=1S/C18H21NO4/c1-14(12-21-2)19-18(20)13-22-15-8-10-17(11-9-15)23-16-6-4-3-5-7-16/h3-11,14H,12-13H2,1-2H3,(H,19,20)/t14-/m0/s1. The van der Waals surface area contributed by atoms with Crippen LogP contribution in [0.4, 0.5) is 0 Å². The Morgan fingerprint density at radius 3 is 2.26 bits per heavy atom. The Balaban J connectivity index is 1.80. The molecule has 5 heteroatoms.